The van der Waals surface area contributed by atoms with Crippen LogP contribution >= 0.6 is 27.5 Å². The molecule has 0 saturated heterocycles. The van der Waals surface area contributed by atoms with E-state index in [4.69, 9.17) is 11.6 Å². The van der Waals surface area contributed by atoms with Gasteiger partial charge in [0, 0.05) is 10.2 Å². The molecular formula is C14H11BrClFN2O3S. The molecule has 2 aromatic rings. The predicted molar refractivity (Wildman–Crippen MR) is 92.0 cm³/mol. The van der Waals surface area contributed by atoms with Crippen LogP contribution in [0.2, 0.25) is 5.02 Å². The third kappa shape index (κ3) is 4.92. The lowest BCUT2D eigenvalue weighted by Gasteiger charge is -2.10. The van der Waals surface area contributed by atoms with Crippen molar-refractivity contribution in [3.8, 4) is 0 Å². The Labute approximate surface area is 146 Å². The largest absolute Gasteiger partial charge is 0.319 e. The Kier molecular flexibility index (Phi) is 5.28. The molecule has 0 radical (unpaired) electrons. The first kappa shape index (κ1) is 17.7. The van der Waals surface area contributed by atoms with Gasteiger partial charge in [0.05, 0.1) is 22.5 Å². The summed E-state index contributed by atoms with van der Waals surface area (Å²) in [6.45, 7) is 0. The van der Waals surface area contributed by atoms with E-state index in [0.29, 0.717) is 4.47 Å². The van der Waals surface area contributed by atoms with E-state index in [0.717, 1.165) is 6.26 Å². The summed E-state index contributed by atoms with van der Waals surface area (Å²) in [4.78, 5) is 12.2. The van der Waals surface area contributed by atoms with Gasteiger partial charge in [0.1, 0.15) is 5.82 Å². The van der Waals surface area contributed by atoms with E-state index in [-0.39, 0.29) is 22.0 Å². The molecule has 0 aliphatic heterocycles. The number of carbonyl (C=O) groups is 1. The molecule has 0 aromatic heterocycles. The summed E-state index contributed by atoms with van der Waals surface area (Å²) < 4.78 is 39.0. The molecule has 0 fully saturated rings. The lowest BCUT2D eigenvalue weighted by atomic mass is 10.2. The maximum absolute atomic E-state index is 13.8. The minimum Gasteiger partial charge on any atom is -0.319 e. The highest BCUT2D eigenvalue weighted by molar-refractivity contribution is 9.10. The van der Waals surface area contributed by atoms with Gasteiger partial charge in [-0.3, -0.25) is 9.52 Å². The van der Waals surface area contributed by atoms with Crippen molar-refractivity contribution in [1.29, 1.82) is 0 Å². The maximum Gasteiger partial charge on any atom is 0.257 e. The van der Waals surface area contributed by atoms with Gasteiger partial charge in [0.25, 0.3) is 5.91 Å². The van der Waals surface area contributed by atoms with Gasteiger partial charge in [-0.15, -0.1) is 0 Å². The van der Waals surface area contributed by atoms with Crippen LogP contribution in [0.4, 0.5) is 15.8 Å². The molecule has 1 amide bonds. The zero-order chi connectivity index (χ0) is 17.2. The van der Waals surface area contributed by atoms with Crippen LogP contribution in [-0.4, -0.2) is 20.6 Å². The Morgan fingerprint density at radius 2 is 1.91 bits per heavy atom. The second-order valence-corrected chi connectivity index (χ2v) is 7.72. The summed E-state index contributed by atoms with van der Waals surface area (Å²) in [5.74, 6) is -1.28. The number of halogens is 3. The summed E-state index contributed by atoms with van der Waals surface area (Å²) in [6.07, 6.45) is 0.985. The van der Waals surface area contributed by atoms with E-state index >= 15 is 0 Å². The SMILES string of the molecule is CS(=O)(=O)Nc1ccc(Cl)c(C(=O)Nc2ccc(Br)cc2F)c1. The van der Waals surface area contributed by atoms with Crippen molar-refractivity contribution in [2.75, 3.05) is 16.3 Å². The van der Waals surface area contributed by atoms with Gasteiger partial charge >= 0.3 is 0 Å². The standard InChI is InChI=1S/C14H11BrClFN2O3S/c1-23(21,22)19-9-3-4-11(16)10(7-9)14(20)18-13-5-2-8(15)6-12(13)17/h2-7,19H,1H3,(H,18,20). The molecular weight excluding hydrogens is 411 g/mol. The van der Waals surface area contributed by atoms with Gasteiger partial charge in [-0.05, 0) is 36.4 Å². The van der Waals surface area contributed by atoms with Crippen LogP contribution in [0.5, 0.6) is 0 Å². The van der Waals surface area contributed by atoms with Crippen LogP contribution in [0.15, 0.2) is 40.9 Å². The van der Waals surface area contributed by atoms with Gasteiger partial charge in [-0.2, -0.15) is 0 Å². The molecule has 0 atom stereocenters. The number of rotatable bonds is 4. The third-order valence-corrected chi connectivity index (χ3v) is 4.12. The van der Waals surface area contributed by atoms with E-state index in [1.165, 1.54) is 30.3 Å². The second-order valence-electron chi connectivity index (χ2n) is 4.65. The molecule has 0 aliphatic carbocycles. The summed E-state index contributed by atoms with van der Waals surface area (Å²) >= 11 is 9.07. The highest BCUT2D eigenvalue weighted by atomic mass is 79.9. The Morgan fingerprint density at radius 3 is 2.52 bits per heavy atom. The molecule has 23 heavy (non-hydrogen) atoms. The number of amides is 1. The van der Waals surface area contributed by atoms with Crippen LogP contribution < -0.4 is 10.0 Å². The Bertz CT molecular complexity index is 874. The van der Waals surface area contributed by atoms with Crippen LogP contribution in [-0.2, 0) is 10.0 Å². The summed E-state index contributed by atoms with van der Waals surface area (Å²) in [6, 6.07) is 8.24. The second kappa shape index (κ2) is 6.86. The number of benzene rings is 2. The van der Waals surface area contributed by atoms with Crippen LogP contribution in [0.3, 0.4) is 0 Å². The summed E-state index contributed by atoms with van der Waals surface area (Å²) in [5, 5.41) is 2.50. The smallest absolute Gasteiger partial charge is 0.257 e. The molecule has 0 unspecified atom stereocenters. The molecule has 2 rings (SSSR count). The van der Waals surface area contributed by atoms with Crippen LogP contribution in [0.25, 0.3) is 0 Å². The van der Waals surface area contributed by atoms with E-state index < -0.39 is 21.7 Å². The minimum atomic E-state index is -3.49. The average Bonchev–Trinajstić information content (AvgIpc) is 2.42. The molecule has 0 bridgehead atoms. The normalized spacial score (nSPS) is 11.1. The zero-order valence-electron chi connectivity index (χ0n) is 11.7. The molecule has 9 heteroatoms. The lowest BCUT2D eigenvalue weighted by molar-refractivity contribution is 0.102. The van der Waals surface area contributed by atoms with E-state index in [1.54, 1.807) is 6.07 Å². The van der Waals surface area contributed by atoms with Crippen molar-refractivity contribution < 1.29 is 17.6 Å². The first-order valence-corrected chi connectivity index (χ1v) is 9.26. The Morgan fingerprint density at radius 1 is 1.22 bits per heavy atom. The van der Waals surface area contributed by atoms with Crippen molar-refractivity contribution in [1.82, 2.24) is 0 Å². The molecule has 5 nitrogen and oxygen atoms in total. The first-order chi connectivity index (χ1) is 10.7. The average molecular weight is 422 g/mol. The molecule has 2 N–H and O–H groups in total. The molecule has 0 spiro atoms. The maximum atomic E-state index is 13.8. The van der Waals surface area contributed by atoms with E-state index in [9.17, 15) is 17.6 Å². The number of sulfonamides is 1. The first-order valence-electron chi connectivity index (χ1n) is 6.19. The van der Waals surface area contributed by atoms with Crippen molar-refractivity contribution in [3.63, 3.8) is 0 Å². The predicted octanol–water partition coefficient (Wildman–Crippen LogP) is 3.87. The van der Waals surface area contributed by atoms with E-state index in [1.807, 2.05) is 0 Å². The molecule has 0 saturated carbocycles. The third-order valence-electron chi connectivity index (χ3n) is 2.69. The van der Waals surface area contributed by atoms with Gasteiger partial charge in [-0.25, -0.2) is 12.8 Å². The van der Waals surface area contributed by atoms with Crippen LogP contribution in [0, 0.1) is 5.82 Å². The Hall–Kier alpha value is -1.64. The summed E-state index contributed by atoms with van der Waals surface area (Å²) in [5.41, 5.74) is 0.178. The summed E-state index contributed by atoms with van der Waals surface area (Å²) in [7, 11) is -3.49. The van der Waals surface area contributed by atoms with Gasteiger partial charge in [0.15, 0.2) is 0 Å². The highest BCUT2D eigenvalue weighted by Gasteiger charge is 2.15. The van der Waals surface area contributed by atoms with Gasteiger partial charge < -0.3 is 5.32 Å². The molecule has 0 aliphatic rings. The number of nitrogens with one attached hydrogen (secondary N) is 2. The number of hydrogen-bond donors (Lipinski definition) is 2. The number of hydrogen-bond acceptors (Lipinski definition) is 3. The van der Waals surface area contributed by atoms with E-state index in [2.05, 4.69) is 26.0 Å². The minimum absolute atomic E-state index is 0.0163. The van der Waals surface area contributed by atoms with Crippen molar-refractivity contribution in [2.24, 2.45) is 0 Å². The number of anilines is 2. The number of carbonyl (C=O) groups excluding carboxylic acids is 1. The van der Waals surface area contributed by atoms with Crippen molar-refractivity contribution in [2.45, 2.75) is 0 Å². The fraction of sp³-hybridized carbons (Fsp3) is 0.0714. The topological polar surface area (TPSA) is 75.3 Å². The van der Waals surface area contributed by atoms with Crippen LogP contribution in [0.1, 0.15) is 10.4 Å². The zero-order valence-corrected chi connectivity index (χ0v) is 14.9. The molecule has 0 heterocycles. The molecule has 2 aromatic carbocycles. The lowest BCUT2D eigenvalue weighted by Crippen LogP contribution is -2.15. The van der Waals surface area contributed by atoms with Crippen molar-refractivity contribution in [3.05, 3.63) is 57.3 Å². The monoisotopic (exact) mass is 420 g/mol. The van der Waals surface area contributed by atoms with Crippen molar-refractivity contribution >= 4 is 54.8 Å². The van der Waals surface area contributed by atoms with Gasteiger partial charge in [0.2, 0.25) is 10.0 Å². The Balaban J connectivity index is 2.29. The van der Waals surface area contributed by atoms with Gasteiger partial charge in [-0.1, -0.05) is 27.5 Å². The fourth-order valence-corrected chi connectivity index (χ4v) is 2.85. The molecule has 122 valence electrons. The fourth-order valence-electron chi connectivity index (χ4n) is 1.76. The highest BCUT2D eigenvalue weighted by Crippen LogP contribution is 2.24. The quantitative estimate of drug-likeness (QED) is 0.787.